The number of aromatic nitrogens is 2. The van der Waals surface area contributed by atoms with E-state index in [1.807, 2.05) is 19.9 Å². The van der Waals surface area contributed by atoms with Crippen LogP contribution in [0.1, 0.15) is 56.6 Å². The van der Waals surface area contributed by atoms with Crippen molar-refractivity contribution in [2.75, 3.05) is 44.2 Å². The summed E-state index contributed by atoms with van der Waals surface area (Å²) in [6, 6.07) is 8.68. The van der Waals surface area contributed by atoms with Gasteiger partial charge in [0.2, 0.25) is 0 Å². The molecule has 3 aliphatic heterocycles. The number of alkyl halides is 2. The van der Waals surface area contributed by atoms with Crippen LogP contribution >= 0.6 is 0 Å². The number of hydrogen-bond acceptors (Lipinski definition) is 7. The zero-order valence-electron chi connectivity index (χ0n) is 27.9. The summed E-state index contributed by atoms with van der Waals surface area (Å²) in [6.45, 7) is 7.23. The van der Waals surface area contributed by atoms with Gasteiger partial charge >= 0.3 is 6.01 Å². The topological polar surface area (TPSA) is 73.8 Å². The average Bonchev–Trinajstić information content (AvgIpc) is 3.82. The highest BCUT2D eigenvalue weighted by Gasteiger charge is 2.72. The Bertz CT molecular complexity index is 2010. The second kappa shape index (κ2) is 10.9. The molecular weight excluding hydrogens is 634 g/mol. The minimum Gasteiger partial charge on any atom is -0.508 e. The minimum absolute atomic E-state index is 0.0123. The van der Waals surface area contributed by atoms with Gasteiger partial charge in [-0.2, -0.15) is 9.97 Å². The predicted molar refractivity (Wildman–Crippen MR) is 181 cm³/mol. The number of likely N-dealkylation sites (tertiary alicyclic amines) is 1. The number of aromatic hydroxyl groups is 1. The maximum Gasteiger partial charge on any atom is 0.319 e. The van der Waals surface area contributed by atoms with E-state index in [-0.39, 0.29) is 40.5 Å². The molecule has 258 valence electrons. The zero-order chi connectivity index (χ0) is 33.9. The lowest BCUT2D eigenvalue weighted by atomic mass is 9.89. The van der Waals surface area contributed by atoms with Gasteiger partial charge in [-0.05, 0) is 104 Å². The molecule has 5 fully saturated rings. The van der Waals surface area contributed by atoms with E-state index in [9.17, 15) is 13.9 Å². The maximum atomic E-state index is 17.2. The van der Waals surface area contributed by atoms with Crippen molar-refractivity contribution in [2.45, 2.75) is 76.8 Å². The fraction of sp³-hybridized carbons (Fsp3) is 0.526. The Kier molecular flexibility index (Phi) is 6.96. The molecule has 5 aliphatic rings. The lowest BCUT2D eigenvalue weighted by Gasteiger charge is -2.34. The van der Waals surface area contributed by atoms with Crippen LogP contribution in [0.2, 0.25) is 0 Å². The van der Waals surface area contributed by atoms with Gasteiger partial charge in [-0.3, -0.25) is 0 Å². The summed E-state index contributed by atoms with van der Waals surface area (Å²) >= 11 is 0. The molecule has 3 saturated heterocycles. The number of benzene rings is 3. The van der Waals surface area contributed by atoms with Crippen LogP contribution in [0, 0.1) is 29.4 Å². The van der Waals surface area contributed by atoms with Crippen LogP contribution in [-0.2, 0) is 6.42 Å². The number of nitrogens with one attached hydrogen (secondary N) is 1. The largest absolute Gasteiger partial charge is 0.508 e. The van der Waals surface area contributed by atoms with E-state index in [2.05, 4.69) is 20.1 Å². The predicted octanol–water partition coefficient (Wildman–Crippen LogP) is 7.14. The number of hydrogen-bond donors (Lipinski definition) is 2. The summed E-state index contributed by atoms with van der Waals surface area (Å²) in [7, 11) is 0. The fourth-order valence-electron chi connectivity index (χ4n) is 9.10. The second-order valence-corrected chi connectivity index (χ2v) is 15.5. The third kappa shape index (κ3) is 5.13. The van der Waals surface area contributed by atoms with Crippen LogP contribution in [0.4, 0.5) is 23.4 Å². The molecule has 1 spiro atoms. The van der Waals surface area contributed by atoms with E-state index in [4.69, 9.17) is 9.72 Å². The first-order valence-corrected chi connectivity index (χ1v) is 17.7. The van der Waals surface area contributed by atoms with E-state index in [0.717, 1.165) is 38.8 Å². The van der Waals surface area contributed by atoms with Gasteiger partial charge in [0.15, 0.2) is 5.82 Å². The molecule has 49 heavy (non-hydrogen) atoms. The molecule has 4 aromatic rings. The molecule has 11 heteroatoms. The van der Waals surface area contributed by atoms with Crippen LogP contribution in [0.3, 0.4) is 0 Å². The molecule has 2 aliphatic carbocycles. The number of rotatable bonds is 8. The Hall–Kier alpha value is -3.70. The molecule has 0 radical (unpaired) electrons. The van der Waals surface area contributed by atoms with Crippen LogP contribution in [0.5, 0.6) is 11.8 Å². The molecular formula is C38H41F4N5O2. The van der Waals surface area contributed by atoms with Gasteiger partial charge < -0.3 is 25.0 Å². The highest BCUT2D eigenvalue weighted by Crippen LogP contribution is 2.65. The Morgan fingerprint density at radius 3 is 2.47 bits per heavy atom. The summed E-state index contributed by atoms with van der Waals surface area (Å²) in [5, 5.41) is 16.1. The quantitative estimate of drug-likeness (QED) is 0.193. The normalized spacial score (nSPS) is 26.7. The molecule has 0 amide bonds. The van der Waals surface area contributed by atoms with E-state index in [1.54, 1.807) is 12.1 Å². The van der Waals surface area contributed by atoms with Crippen molar-refractivity contribution in [3.63, 3.8) is 0 Å². The molecule has 1 aromatic heterocycles. The van der Waals surface area contributed by atoms with Gasteiger partial charge in [-0.15, -0.1) is 0 Å². The van der Waals surface area contributed by atoms with Crippen LogP contribution in [0.15, 0.2) is 30.3 Å². The summed E-state index contributed by atoms with van der Waals surface area (Å²) in [4.78, 5) is 14.0. The second-order valence-electron chi connectivity index (χ2n) is 15.5. The average molecular weight is 676 g/mol. The van der Waals surface area contributed by atoms with Crippen molar-refractivity contribution in [2.24, 2.45) is 10.8 Å². The zero-order valence-corrected chi connectivity index (χ0v) is 27.9. The number of fused-ring (bicyclic) bond motifs is 4. The number of ether oxygens (including phenoxy) is 1. The summed E-state index contributed by atoms with van der Waals surface area (Å²) < 4.78 is 66.8. The van der Waals surface area contributed by atoms with Gasteiger partial charge in [0.25, 0.3) is 5.92 Å². The third-order valence-electron chi connectivity index (χ3n) is 12.0. The Balaban J connectivity index is 1.11. The maximum absolute atomic E-state index is 17.2. The monoisotopic (exact) mass is 675 g/mol. The Morgan fingerprint density at radius 1 is 1.04 bits per heavy atom. The standard InChI is InChI=1S/C38H41F4N5O2/c1-3-26-29(39)7-4-22-13-25(48)14-27(31(22)26)30-21(2)12-28-33(32(30)40)44-35(45-34(28)47-15-23-5-6-24(16-47)43-23)49-20-36(8-9-36)18-46-11-10-37(19-46)17-38(37,41)42/h4,7,12-14,23-24,43,48H,3,5-6,8-11,15-20H2,1-2H3. The third-order valence-corrected chi connectivity index (χ3v) is 12.0. The van der Waals surface area contributed by atoms with Crippen molar-refractivity contribution in [3.05, 3.63) is 53.1 Å². The highest BCUT2D eigenvalue weighted by molar-refractivity contribution is 6.04. The van der Waals surface area contributed by atoms with Gasteiger partial charge in [-0.25, -0.2) is 17.6 Å². The van der Waals surface area contributed by atoms with Crippen molar-refractivity contribution in [1.82, 2.24) is 20.2 Å². The number of nitrogens with zero attached hydrogens (tertiary/aromatic N) is 4. The van der Waals surface area contributed by atoms with Gasteiger partial charge in [0.1, 0.15) is 22.9 Å². The lowest BCUT2D eigenvalue weighted by molar-refractivity contribution is 0.0644. The first kappa shape index (κ1) is 31.3. The fourth-order valence-corrected chi connectivity index (χ4v) is 9.10. The van der Waals surface area contributed by atoms with Crippen molar-refractivity contribution in [3.8, 4) is 22.9 Å². The molecule has 2 N–H and O–H groups in total. The molecule has 2 saturated carbocycles. The van der Waals surface area contributed by atoms with Gasteiger partial charge in [0.05, 0.1) is 12.0 Å². The number of piperazine rings is 1. The smallest absolute Gasteiger partial charge is 0.319 e. The van der Waals surface area contributed by atoms with Crippen molar-refractivity contribution in [1.29, 1.82) is 0 Å². The van der Waals surface area contributed by atoms with Crippen LogP contribution in [0.25, 0.3) is 32.8 Å². The summed E-state index contributed by atoms with van der Waals surface area (Å²) in [5.41, 5.74) is 0.845. The van der Waals surface area contributed by atoms with E-state index < -0.39 is 17.2 Å². The number of anilines is 1. The molecule has 2 bridgehead atoms. The lowest BCUT2D eigenvalue weighted by Crippen LogP contribution is -2.51. The number of aryl methyl sites for hydroxylation is 2. The number of phenols is 1. The Labute approximate surface area is 282 Å². The SMILES string of the molecule is CCc1c(F)ccc2cc(O)cc(-c3c(C)cc4c(N5CC6CCC(C5)N6)nc(OCC5(CN6CCC7(C6)CC7(F)F)CC5)nc4c3F)c12. The number of halogens is 4. The molecule has 3 atom stereocenters. The number of phenolic OH excluding ortho intramolecular Hbond substituents is 1. The highest BCUT2D eigenvalue weighted by atomic mass is 19.3. The van der Waals surface area contributed by atoms with E-state index in [1.165, 1.54) is 12.1 Å². The van der Waals surface area contributed by atoms with Gasteiger partial charge in [0, 0.05) is 61.0 Å². The van der Waals surface area contributed by atoms with E-state index >= 15 is 8.78 Å². The molecule has 4 heterocycles. The van der Waals surface area contributed by atoms with Crippen LogP contribution < -0.4 is 15.0 Å². The molecule has 9 rings (SSSR count). The van der Waals surface area contributed by atoms with Crippen molar-refractivity contribution < 1.29 is 27.4 Å². The summed E-state index contributed by atoms with van der Waals surface area (Å²) in [5.74, 6) is -2.92. The van der Waals surface area contributed by atoms with E-state index in [0.29, 0.717) is 89.8 Å². The first-order chi connectivity index (χ1) is 23.5. The minimum atomic E-state index is -2.55. The molecule has 3 unspecified atom stereocenters. The molecule has 7 nitrogen and oxygen atoms in total. The Morgan fingerprint density at radius 2 is 1.80 bits per heavy atom. The molecule has 3 aromatic carbocycles. The van der Waals surface area contributed by atoms with Crippen LogP contribution in [-0.4, -0.2) is 77.3 Å². The van der Waals surface area contributed by atoms with Gasteiger partial charge in [-0.1, -0.05) is 13.0 Å². The first-order valence-electron chi connectivity index (χ1n) is 17.7. The summed E-state index contributed by atoms with van der Waals surface area (Å²) in [6.07, 6.45) is 4.90. The van der Waals surface area contributed by atoms with Crippen molar-refractivity contribution >= 4 is 27.5 Å².